The molecule has 0 spiro atoms. The molecule has 0 amide bonds. The molecule has 0 aliphatic heterocycles. The van der Waals surface area contributed by atoms with Crippen LogP contribution >= 0.6 is 0 Å². The number of carboxylic acids is 1. The van der Waals surface area contributed by atoms with Crippen molar-refractivity contribution < 1.29 is 30.3 Å². The second kappa shape index (κ2) is 7.68. The van der Waals surface area contributed by atoms with Gasteiger partial charge in [-0.25, -0.2) is 4.79 Å². The Hall–Kier alpha value is -1.69. The maximum atomic E-state index is 11.2. The Kier molecular flexibility index (Phi) is 6.21. The standard InChI is InChI=1S/C16H14O2.Pd/c17-16(18)15(11-13-7-3-1-4-8-13)12-14-9-5-2-6-10-14;/h1-11H,12H2,(H,17,18);. The molecule has 19 heavy (non-hydrogen) atoms. The van der Waals surface area contributed by atoms with Crippen LogP contribution in [0.4, 0.5) is 0 Å². The minimum atomic E-state index is -0.872. The Morgan fingerprint density at radius 2 is 1.47 bits per heavy atom. The molecule has 0 heterocycles. The van der Waals surface area contributed by atoms with E-state index in [2.05, 4.69) is 0 Å². The van der Waals surface area contributed by atoms with E-state index in [1.54, 1.807) is 6.08 Å². The number of hydrogen-bond donors (Lipinski definition) is 1. The summed E-state index contributed by atoms with van der Waals surface area (Å²) in [5, 5.41) is 9.23. The number of aliphatic carboxylic acids is 1. The van der Waals surface area contributed by atoms with Gasteiger partial charge in [-0.3, -0.25) is 0 Å². The summed E-state index contributed by atoms with van der Waals surface area (Å²) < 4.78 is 0. The predicted octanol–water partition coefficient (Wildman–Crippen LogP) is 3.39. The van der Waals surface area contributed by atoms with Crippen LogP contribution in [-0.2, 0) is 31.6 Å². The van der Waals surface area contributed by atoms with E-state index in [1.165, 1.54) is 0 Å². The average molecular weight is 345 g/mol. The fourth-order valence-corrected chi connectivity index (χ4v) is 1.75. The summed E-state index contributed by atoms with van der Waals surface area (Å²) >= 11 is 0. The zero-order chi connectivity index (χ0) is 12.8. The summed E-state index contributed by atoms with van der Waals surface area (Å²) in [7, 11) is 0. The van der Waals surface area contributed by atoms with Gasteiger partial charge in [0.15, 0.2) is 0 Å². The molecule has 2 nitrogen and oxygen atoms in total. The number of carbonyl (C=O) groups is 1. The minimum Gasteiger partial charge on any atom is -0.478 e. The van der Waals surface area contributed by atoms with E-state index >= 15 is 0 Å². The van der Waals surface area contributed by atoms with Gasteiger partial charge in [0.1, 0.15) is 0 Å². The van der Waals surface area contributed by atoms with E-state index in [0.29, 0.717) is 12.0 Å². The molecule has 0 radical (unpaired) electrons. The summed E-state index contributed by atoms with van der Waals surface area (Å²) in [5.74, 6) is -0.872. The van der Waals surface area contributed by atoms with Crippen LogP contribution in [0.25, 0.3) is 6.08 Å². The van der Waals surface area contributed by atoms with Crippen molar-refractivity contribution in [3.63, 3.8) is 0 Å². The molecule has 0 fully saturated rings. The van der Waals surface area contributed by atoms with E-state index in [9.17, 15) is 9.90 Å². The molecular formula is C16H14O2Pd. The first-order valence-electron chi connectivity index (χ1n) is 5.78. The molecule has 100 valence electrons. The number of carboxylic acid groups (broad SMARTS) is 1. The van der Waals surface area contributed by atoms with E-state index < -0.39 is 5.97 Å². The summed E-state index contributed by atoms with van der Waals surface area (Å²) in [6, 6.07) is 19.1. The molecule has 0 aliphatic rings. The maximum absolute atomic E-state index is 11.2. The van der Waals surface area contributed by atoms with E-state index in [4.69, 9.17) is 0 Å². The first-order chi connectivity index (χ1) is 8.75. The largest absolute Gasteiger partial charge is 0.478 e. The van der Waals surface area contributed by atoms with Gasteiger partial charge in [-0.2, -0.15) is 0 Å². The maximum Gasteiger partial charge on any atom is 0.331 e. The molecule has 2 rings (SSSR count). The first kappa shape index (κ1) is 15.4. The number of benzene rings is 2. The zero-order valence-corrected chi connectivity index (χ0v) is 11.8. The van der Waals surface area contributed by atoms with Gasteiger partial charge in [-0.05, 0) is 17.2 Å². The van der Waals surface area contributed by atoms with Crippen LogP contribution < -0.4 is 0 Å². The Bertz CT molecular complexity index is 547. The molecule has 0 atom stereocenters. The molecule has 0 bridgehead atoms. The molecule has 1 N–H and O–H groups in total. The van der Waals surface area contributed by atoms with Crippen molar-refractivity contribution in [1.29, 1.82) is 0 Å². The van der Waals surface area contributed by atoms with Gasteiger partial charge in [0.2, 0.25) is 0 Å². The van der Waals surface area contributed by atoms with Gasteiger partial charge in [-0.15, -0.1) is 0 Å². The van der Waals surface area contributed by atoms with Crippen LogP contribution in [0.5, 0.6) is 0 Å². The van der Waals surface area contributed by atoms with Crippen molar-refractivity contribution in [3.8, 4) is 0 Å². The Morgan fingerprint density at radius 1 is 0.947 bits per heavy atom. The second-order valence-corrected chi connectivity index (χ2v) is 4.05. The molecule has 3 heteroatoms. The van der Waals surface area contributed by atoms with Gasteiger partial charge < -0.3 is 5.11 Å². The Labute approximate surface area is 126 Å². The molecule has 0 aromatic heterocycles. The molecule has 0 aliphatic carbocycles. The van der Waals surface area contributed by atoms with Crippen LogP contribution in [0.1, 0.15) is 11.1 Å². The Balaban J connectivity index is 0.00000180. The predicted molar refractivity (Wildman–Crippen MR) is 72.2 cm³/mol. The molecule has 2 aromatic rings. The Morgan fingerprint density at radius 3 is 2.00 bits per heavy atom. The summed E-state index contributed by atoms with van der Waals surface area (Å²) in [6.07, 6.45) is 2.15. The van der Waals surface area contributed by atoms with Gasteiger partial charge in [0.05, 0.1) is 0 Å². The van der Waals surface area contributed by atoms with Crippen LogP contribution in [0, 0.1) is 0 Å². The minimum absolute atomic E-state index is 0. The fourth-order valence-electron chi connectivity index (χ4n) is 1.75. The van der Waals surface area contributed by atoms with Gasteiger partial charge in [0.25, 0.3) is 0 Å². The molecule has 0 saturated carbocycles. The van der Waals surface area contributed by atoms with Crippen molar-refractivity contribution in [1.82, 2.24) is 0 Å². The van der Waals surface area contributed by atoms with Crippen molar-refractivity contribution in [3.05, 3.63) is 77.4 Å². The molecule has 2 aromatic carbocycles. The summed E-state index contributed by atoms with van der Waals surface area (Å²) in [4.78, 5) is 11.2. The van der Waals surface area contributed by atoms with E-state index in [0.717, 1.165) is 11.1 Å². The van der Waals surface area contributed by atoms with Crippen molar-refractivity contribution in [2.24, 2.45) is 0 Å². The molecule has 0 unspecified atom stereocenters. The monoisotopic (exact) mass is 344 g/mol. The van der Waals surface area contributed by atoms with Crippen LogP contribution in [0.3, 0.4) is 0 Å². The van der Waals surface area contributed by atoms with Gasteiger partial charge >= 0.3 is 5.97 Å². The third kappa shape index (κ3) is 4.83. The smallest absolute Gasteiger partial charge is 0.331 e. The first-order valence-corrected chi connectivity index (χ1v) is 5.78. The molecular weight excluding hydrogens is 331 g/mol. The summed E-state index contributed by atoms with van der Waals surface area (Å²) in [6.45, 7) is 0. The molecule has 0 saturated heterocycles. The third-order valence-corrected chi connectivity index (χ3v) is 2.65. The van der Waals surface area contributed by atoms with Crippen molar-refractivity contribution >= 4 is 12.0 Å². The zero-order valence-electron chi connectivity index (χ0n) is 10.2. The van der Waals surface area contributed by atoms with Gasteiger partial charge in [-0.1, -0.05) is 60.7 Å². The number of hydrogen-bond acceptors (Lipinski definition) is 1. The van der Waals surface area contributed by atoms with Crippen molar-refractivity contribution in [2.75, 3.05) is 0 Å². The second-order valence-electron chi connectivity index (χ2n) is 4.05. The van der Waals surface area contributed by atoms with Gasteiger partial charge in [0, 0.05) is 32.4 Å². The topological polar surface area (TPSA) is 37.3 Å². The SMILES string of the molecule is O=C(O)C(=Cc1ccccc1)Cc1ccccc1.[Pd]. The quantitative estimate of drug-likeness (QED) is 0.682. The van der Waals surface area contributed by atoms with Crippen molar-refractivity contribution in [2.45, 2.75) is 6.42 Å². The fraction of sp³-hybridized carbons (Fsp3) is 0.0625. The van der Waals surface area contributed by atoms with Crippen LogP contribution in [0.2, 0.25) is 0 Å². The van der Waals surface area contributed by atoms with E-state index in [1.807, 2.05) is 60.7 Å². The summed E-state index contributed by atoms with van der Waals surface area (Å²) in [5.41, 5.74) is 2.31. The number of rotatable bonds is 4. The average Bonchev–Trinajstić information content (AvgIpc) is 2.40. The third-order valence-electron chi connectivity index (χ3n) is 2.65. The van der Waals surface area contributed by atoms with Crippen LogP contribution in [-0.4, -0.2) is 11.1 Å². The van der Waals surface area contributed by atoms with E-state index in [-0.39, 0.29) is 20.4 Å². The van der Waals surface area contributed by atoms with Crippen LogP contribution in [0.15, 0.2) is 66.2 Å². The normalized spacial score (nSPS) is 10.6.